The molecule has 1 heterocycles. The van der Waals surface area contributed by atoms with Crippen LogP contribution in [0.5, 0.6) is 0 Å². The summed E-state index contributed by atoms with van der Waals surface area (Å²) in [5.74, 6) is -0.415. The molecule has 1 aliphatic rings. The van der Waals surface area contributed by atoms with Crippen LogP contribution < -0.4 is 0 Å². The monoisotopic (exact) mass is 302 g/mol. The third-order valence-electron chi connectivity index (χ3n) is 4.18. The molecule has 6 heteroatoms. The van der Waals surface area contributed by atoms with Gasteiger partial charge < -0.3 is 18.3 Å². The fourth-order valence-corrected chi connectivity index (χ4v) is 7.15. The van der Waals surface area contributed by atoms with E-state index in [1.807, 2.05) is 6.92 Å². The van der Waals surface area contributed by atoms with Crippen LogP contribution in [-0.4, -0.2) is 47.2 Å². The Morgan fingerprint density at radius 2 is 2.00 bits per heavy atom. The Morgan fingerprint density at radius 1 is 1.35 bits per heavy atom. The number of hydrogen-bond donors (Lipinski definition) is 0. The third kappa shape index (κ3) is 3.31. The van der Waals surface area contributed by atoms with Crippen molar-refractivity contribution in [3.8, 4) is 0 Å². The van der Waals surface area contributed by atoms with Crippen molar-refractivity contribution in [2.75, 3.05) is 21.3 Å². The maximum Gasteiger partial charge on any atom is 0.370 e. The Balaban J connectivity index is 2.92. The standard InChI is InChI=1S/C14H26O5Si/c1-6-13(15)19-12(2)11-14(16-3)9-7-8-10-20(14,17-4)18-5/h6,12H,1,7-11H2,2-5H3. The lowest BCUT2D eigenvalue weighted by Crippen LogP contribution is -2.65. The zero-order valence-electron chi connectivity index (χ0n) is 12.9. The molecule has 2 unspecified atom stereocenters. The lowest BCUT2D eigenvalue weighted by molar-refractivity contribution is -0.145. The Kier molecular flexibility index (Phi) is 6.38. The zero-order valence-corrected chi connectivity index (χ0v) is 13.9. The quantitative estimate of drug-likeness (QED) is 0.410. The average molecular weight is 302 g/mol. The molecule has 116 valence electrons. The lowest BCUT2D eigenvalue weighted by atomic mass is 10.0. The van der Waals surface area contributed by atoms with Gasteiger partial charge in [0.2, 0.25) is 0 Å². The Morgan fingerprint density at radius 3 is 2.50 bits per heavy atom. The van der Waals surface area contributed by atoms with E-state index in [-0.39, 0.29) is 6.10 Å². The van der Waals surface area contributed by atoms with Crippen LogP contribution in [0.1, 0.15) is 32.6 Å². The van der Waals surface area contributed by atoms with Gasteiger partial charge in [0, 0.05) is 33.8 Å². The number of carbonyl (C=O) groups excluding carboxylic acids is 1. The summed E-state index contributed by atoms with van der Waals surface area (Å²) >= 11 is 0. The van der Waals surface area contributed by atoms with E-state index in [0.717, 1.165) is 25.3 Å². The van der Waals surface area contributed by atoms with Gasteiger partial charge in [0.25, 0.3) is 0 Å². The summed E-state index contributed by atoms with van der Waals surface area (Å²) in [6.45, 7) is 5.27. The first kappa shape index (κ1) is 17.4. The third-order valence-corrected chi connectivity index (χ3v) is 8.56. The molecule has 0 bridgehead atoms. The summed E-state index contributed by atoms with van der Waals surface area (Å²) in [4.78, 5) is 11.3. The topological polar surface area (TPSA) is 54.0 Å². The normalized spacial score (nSPS) is 26.8. The van der Waals surface area contributed by atoms with Crippen LogP contribution in [0.3, 0.4) is 0 Å². The molecular formula is C14H26O5Si. The van der Waals surface area contributed by atoms with Gasteiger partial charge in [0.15, 0.2) is 0 Å². The highest BCUT2D eigenvalue weighted by Crippen LogP contribution is 2.43. The number of esters is 1. The van der Waals surface area contributed by atoms with E-state index in [1.165, 1.54) is 6.08 Å². The minimum Gasteiger partial charge on any atom is -0.459 e. The van der Waals surface area contributed by atoms with Crippen LogP contribution in [0, 0.1) is 0 Å². The molecule has 2 atom stereocenters. The van der Waals surface area contributed by atoms with Crippen LogP contribution in [0.25, 0.3) is 0 Å². The predicted octanol–water partition coefficient (Wildman–Crippen LogP) is 2.34. The maximum absolute atomic E-state index is 11.3. The molecule has 1 saturated heterocycles. The van der Waals surface area contributed by atoms with Crippen molar-refractivity contribution in [3.63, 3.8) is 0 Å². The molecule has 0 aromatic rings. The number of hydrogen-bond acceptors (Lipinski definition) is 5. The molecule has 0 spiro atoms. The molecule has 0 aromatic heterocycles. The van der Waals surface area contributed by atoms with Gasteiger partial charge in [-0.2, -0.15) is 0 Å². The van der Waals surface area contributed by atoms with E-state index in [1.54, 1.807) is 21.3 Å². The summed E-state index contributed by atoms with van der Waals surface area (Å²) in [5, 5.41) is -0.477. The second kappa shape index (κ2) is 7.35. The highest BCUT2D eigenvalue weighted by molar-refractivity contribution is 6.70. The first-order valence-electron chi connectivity index (χ1n) is 6.97. The van der Waals surface area contributed by atoms with E-state index >= 15 is 0 Å². The van der Waals surface area contributed by atoms with Crippen molar-refractivity contribution >= 4 is 14.5 Å². The molecule has 1 fully saturated rings. The molecule has 0 radical (unpaired) electrons. The van der Waals surface area contributed by atoms with Gasteiger partial charge in [0.05, 0.1) is 0 Å². The molecule has 1 rings (SSSR count). The van der Waals surface area contributed by atoms with Crippen molar-refractivity contribution in [2.45, 2.75) is 50.0 Å². The summed E-state index contributed by atoms with van der Waals surface area (Å²) in [6, 6.07) is 0.899. The van der Waals surface area contributed by atoms with E-state index in [9.17, 15) is 4.79 Å². The molecule has 1 aliphatic heterocycles. The molecule has 0 aliphatic carbocycles. The number of rotatable bonds is 7. The van der Waals surface area contributed by atoms with Gasteiger partial charge in [-0.15, -0.1) is 0 Å². The second-order valence-corrected chi connectivity index (χ2v) is 8.96. The summed E-state index contributed by atoms with van der Waals surface area (Å²) < 4.78 is 22.7. The predicted molar refractivity (Wildman–Crippen MR) is 78.5 cm³/mol. The second-order valence-electron chi connectivity index (χ2n) is 5.22. The fraction of sp³-hybridized carbons (Fsp3) is 0.786. The van der Waals surface area contributed by atoms with Gasteiger partial charge in [-0.05, 0) is 19.4 Å². The van der Waals surface area contributed by atoms with Gasteiger partial charge in [-0.1, -0.05) is 19.4 Å². The lowest BCUT2D eigenvalue weighted by Gasteiger charge is -2.48. The van der Waals surface area contributed by atoms with Crippen LogP contribution in [-0.2, 0) is 23.1 Å². The number of methoxy groups -OCH3 is 1. The largest absolute Gasteiger partial charge is 0.459 e. The molecule has 0 saturated carbocycles. The minimum atomic E-state index is -2.47. The first-order valence-corrected chi connectivity index (χ1v) is 9.00. The van der Waals surface area contributed by atoms with E-state index in [4.69, 9.17) is 18.3 Å². The zero-order chi connectivity index (χ0) is 15.2. The Labute approximate surface area is 122 Å². The van der Waals surface area contributed by atoms with Crippen LogP contribution in [0.2, 0.25) is 6.04 Å². The van der Waals surface area contributed by atoms with Crippen LogP contribution in [0.15, 0.2) is 12.7 Å². The van der Waals surface area contributed by atoms with Crippen molar-refractivity contribution in [3.05, 3.63) is 12.7 Å². The summed E-state index contributed by atoms with van der Waals surface area (Å²) in [7, 11) is 2.59. The van der Waals surface area contributed by atoms with Crippen LogP contribution in [0.4, 0.5) is 0 Å². The van der Waals surface area contributed by atoms with Crippen molar-refractivity contribution in [1.29, 1.82) is 0 Å². The maximum atomic E-state index is 11.3. The van der Waals surface area contributed by atoms with E-state index in [2.05, 4.69) is 6.58 Å². The average Bonchev–Trinajstić information content (AvgIpc) is 2.47. The SMILES string of the molecule is C=CC(=O)OC(C)CC1(OC)CCCC[Si]1(OC)OC. The Hall–Kier alpha value is -0.693. The van der Waals surface area contributed by atoms with Crippen molar-refractivity contribution < 1.29 is 23.1 Å². The van der Waals surface area contributed by atoms with Crippen LogP contribution >= 0.6 is 0 Å². The highest BCUT2D eigenvalue weighted by Gasteiger charge is 2.59. The van der Waals surface area contributed by atoms with E-state index < -0.39 is 19.8 Å². The van der Waals surface area contributed by atoms with Crippen molar-refractivity contribution in [2.24, 2.45) is 0 Å². The van der Waals surface area contributed by atoms with Gasteiger partial charge >= 0.3 is 14.5 Å². The first-order chi connectivity index (χ1) is 9.49. The molecule has 5 nitrogen and oxygen atoms in total. The highest BCUT2D eigenvalue weighted by atomic mass is 28.4. The van der Waals surface area contributed by atoms with Crippen molar-refractivity contribution in [1.82, 2.24) is 0 Å². The Bertz CT molecular complexity index is 342. The fourth-order valence-electron chi connectivity index (χ4n) is 3.20. The van der Waals surface area contributed by atoms with Gasteiger partial charge in [-0.3, -0.25) is 0 Å². The smallest absolute Gasteiger partial charge is 0.370 e. The summed E-state index contributed by atoms with van der Waals surface area (Å²) in [5.41, 5.74) is 0. The molecule has 0 N–H and O–H groups in total. The van der Waals surface area contributed by atoms with Gasteiger partial charge in [-0.25, -0.2) is 4.79 Å². The van der Waals surface area contributed by atoms with Gasteiger partial charge in [0.1, 0.15) is 11.3 Å². The molecule has 20 heavy (non-hydrogen) atoms. The van der Waals surface area contributed by atoms with E-state index in [0.29, 0.717) is 6.42 Å². The summed E-state index contributed by atoms with van der Waals surface area (Å²) in [6.07, 6.45) is 4.51. The molecule has 0 aromatic carbocycles. The molecule has 0 amide bonds. The number of carbonyl (C=O) groups is 1. The number of ether oxygens (including phenoxy) is 2. The molecular weight excluding hydrogens is 276 g/mol. The minimum absolute atomic E-state index is 0.268.